The lowest BCUT2D eigenvalue weighted by Crippen LogP contribution is -2.59. The number of unbranched alkanes of at least 4 members (excludes halogenated alkanes) is 2. The fourth-order valence-electron chi connectivity index (χ4n) is 22.4. The zero-order valence-electron chi connectivity index (χ0n) is 80.4. The van der Waals surface area contributed by atoms with Crippen molar-refractivity contribution in [1.82, 2.24) is 46.5 Å². The third-order valence-corrected chi connectivity index (χ3v) is 32.6. The smallest absolute Gasteiger partial charge is 0.327 e. The zero-order valence-corrected chi connectivity index (χ0v) is 82.0. The average molecular weight is 1900 g/mol. The number of anilines is 3. The van der Waals surface area contributed by atoms with E-state index in [-0.39, 0.29) is 187 Å². The fourth-order valence-corrected chi connectivity index (χ4v) is 24.5. The van der Waals surface area contributed by atoms with Gasteiger partial charge in [0.15, 0.2) is 28.4 Å². The number of hydrogen-bond acceptors (Lipinski definition) is 25. The van der Waals surface area contributed by atoms with Crippen LogP contribution < -0.4 is 48.1 Å². The number of aliphatic hydroxyl groups is 2. The lowest BCUT2D eigenvalue weighted by atomic mass is 9.80. The molecule has 734 valence electrons. The highest BCUT2D eigenvalue weighted by atomic mass is 33.1. The van der Waals surface area contributed by atoms with E-state index in [0.717, 1.165) is 63.6 Å². The summed E-state index contributed by atoms with van der Waals surface area (Å²) in [4.78, 5) is 125. The standard InChI is InChI=1S/C101H139N13O19S2/c1-57-34-39-66(50-67-51-77(127-14)62(6)101(130-67)71-52-70(71)99(12,133-101)81-42-43-98(11,131-81)87-59(3)49-78(129-87)86-58(2)48-60(4)100(126,56-115)132-86)128-85(57)61(5)89(118)104-45-47-134-135-55-74(94(124)125)110-91(120)72(108-83(117)41-40-73(93(122)123)109-90(119)63-35-37-64(38-36-63)105-53-65-54-106-88-84(107-65)92(121)112-95(102)111-88)28-25-44-103-82(116)33-19-16-24-46-114-76-30-23-21-27-69(76)97(9,10)80(114)32-18-15-17-31-79-96(7,8)68-26-20-22-29-75(68)113(79)13/h15,17-18,20-23,26-27,29-32,35-38,54,57-62,66-67,70-74,77-78,81,85-87,115,126H,16,19,24-25,28,33-34,39-53,55-56H2,1-14H3,(H10-,102,103,104,105,106,108,109,110,111,112,116,117,118,119,120,121,122,123,124,125)/p+1/t57-,58-,59-,60+,61+,62+,66+,67+,70?,71+,72?,73-,74-,77+,78+,81?,85?,86+,87+,98-,99+,100-,101-/m0/s1. The molecule has 4 unspecified atom stereocenters. The number of aromatic nitrogens is 4. The number of amides is 5. The van der Waals surface area contributed by atoms with Crippen LogP contribution in [-0.4, -0.2) is 234 Å². The number of nitrogens with one attached hydrogen (secondary N) is 7. The lowest BCUT2D eigenvalue weighted by molar-refractivity contribution is -0.401. The first-order valence-corrected chi connectivity index (χ1v) is 50.8. The number of ether oxygens (including phenoxy) is 7. The number of benzene rings is 3. The predicted octanol–water partition coefficient (Wildman–Crippen LogP) is 11.6. The molecule has 13 N–H and O–H groups in total. The van der Waals surface area contributed by atoms with Crippen LogP contribution in [0.3, 0.4) is 0 Å². The van der Waals surface area contributed by atoms with Crippen molar-refractivity contribution in [2.24, 2.45) is 47.3 Å². The summed E-state index contributed by atoms with van der Waals surface area (Å²) in [5, 5.41) is 59.1. The van der Waals surface area contributed by atoms with Crippen LogP contribution in [-0.2, 0) is 79.3 Å². The van der Waals surface area contributed by atoms with Gasteiger partial charge in [-0.3, -0.25) is 33.8 Å². The van der Waals surface area contributed by atoms with E-state index < -0.39 is 95.1 Å². The maximum atomic E-state index is 14.3. The summed E-state index contributed by atoms with van der Waals surface area (Å²) in [7, 11) is 6.37. The SMILES string of the molecule is CO[C@@H]1C[C@@H](C[C@H]2CC[C@H](C)C([C@@H](C)C(=O)NCCSSC[C@H](NC(=O)C(CCCNC(=O)CCCCCN3C(=CC=CC=CC4=[N+](C)c5ccccc5C4(C)C)C(C)(C)c4ccccc43)NC(=O)CC[C@H](NC(=O)c3ccc(NCc4cnc5nc(N)[nH]c(=O)c5n4)cc3)C(=O)O)C(=O)O)O2)O[C@]2(O[C@@](C)(C3CC[C@@](C)([C@@H]4O[C@@H]([C@@H]5O[C@@](O)(CO)[C@H](C)C[C@@H]5C)C[C@@H]4C)O3)C3C[C@H]32)[C@@H]1C. The Bertz CT molecular complexity index is 5310. The number of hydrogen-bond donors (Lipinski definition) is 12. The van der Waals surface area contributed by atoms with Crippen LogP contribution in [0.5, 0.6) is 0 Å². The number of H-pyrrole nitrogens is 1. The van der Waals surface area contributed by atoms with Gasteiger partial charge in [-0.25, -0.2) is 19.6 Å². The van der Waals surface area contributed by atoms with Crippen LogP contribution in [0.1, 0.15) is 219 Å². The van der Waals surface area contributed by atoms with Crippen LogP contribution >= 0.6 is 21.6 Å². The van der Waals surface area contributed by atoms with E-state index in [1.54, 1.807) is 19.2 Å². The molecular formula is C101H140N13O19S2+. The summed E-state index contributed by atoms with van der Waals surface area (Å²) in [6.45, 7) is 26.5. The lowest BCUT2D eigenvalue weighted by Gasteiger charge is -2.51. The van der Waals surface area contributed by atoms with Gasteiger partial charge in [-0.2, -0.15) is 9.56 Å². The second kappa shape index (κ2) is 43.0. The molecule has 0 radical (unpaired) electrons. The number of aliphatic hydroxyl groups excluding tert-OH is 1. The number of aliphatic carboxylic acids is 2. The minimum Gasteiger partial charge on any atom is -0.480 e. The average Bonchev–Trinajstić information content (AvgIpc) is 1.50. The van der Waals surface area contributed by atoms with E-state index in [0.29, 0.717) is 42.8 Å². The third kappa shape index (κ3) is 22.6. The molecule has 8 aliphatic heterocycles. The number of rotatable bonds is 41. The van der Waals surface area contributed by atoms with E-state index in [1.807, 2.05) is 13.8 Å². The van der Waals surface area contributed by atoms with Gasteiger partial charge in [-0.1, -0.05) is 138 Å². The Hall–Kier alpha value is -9.20. The van der Waals surface area contributed by atoms with Gasteiger partial charge in [0, 0.05) is 127 Å². The van der Waals surface area contributed by atoms with Crippen LogP contribution in [0.4, 0.5) is 23.0 Å². The summed E-state index contributed by atoms with van der Waals surface area (Å²) in [5.41, 5.74) is 11.9. The number of nitrogen functional groups attached to an aromatic ring is 1. The van der Waals surface area contributed by atoms with Crippen molar-refractivity contribution >= 4 is 103 Å². The van der Waals surface area contributed by atoms with Crippen molar-refractivity contribution in [3.05, 3.63) is 148 Å². The zero-order chi connectivity index (χ0) is 96.8. The van der Waals surface area contributed by atoms with Gasteiger partial charge in [-0.05, 0) is 170 Å². The first-order valence-electron chi connectivity index (χ1n) is 48.3. The van der Waals surface area contributed by atoms with Crippen molar-refractivity contribution < 1.29 is 91.7 Å². The van der Waals surface area contributed by atoms with E-state index in [2.05, 4.69) is 217 Å². The highest BCUT2D eigenvalue weighted by Crippen LogP contribution is 2.69. The van der Waals surface area contributed by atoms with Gasteiger partial charge >= 0.3 is 11.9 Å². The van der Waals surface area contributed by atoms with E-state index in [4.69, 9.17) is 38.9 Å². The Labute approximate surface area is 799 Å². The van der Waals surface area contributed by atoms with Crippen LogP contribution in [0, 0.1) is 47.3 Å². The van der Waals surface area contributed by atoms with Gasteiger partial charge in [0.25, 0.3) is 11.5 Å². The molecule has 23 atom stereocenters. The van der Waals surface area contributed by atoms with Gasteiger partial charge in [-0.15, -0.1) is 0 Å². The molecule has 135 heavy (non-hydrogen) atoms. The summed E-state index contributed by atoms with van der Waals surface area (Å²) < 4.78 is 50.7. The van der Waals surface area contributed by atoms with Gasteiger partial charge in [0.1, 0.15) is 25.2 Å². The monoisotopic (exact) mass is 1900 g/mol. The number of carbonyl (C=O) groups is 7. The topological polar surface area (TPSA) is 441 Å². The molecule has 5 amide bonds. The van der Waals surface area contributed by atoms with Crippen molar-refractivity contribution in [3.8, 4) is 0 Å². The van der Waals surface area contributed by atoms with Gasteiger partial charge in [0.05, 0.1) is 96.4 Å². The largest absolute Gasteiger partial charge is 0.480 e. The van der Waals surface area contributed by atoms with Crippen LogP contribution in [0.15, 0.2) is 120 Å². The third-order valence-electron chi connectivity index (χ3n) is 30.2. The molecule has 32 nitrogen and oxygen atoms in total. The molecule has 9 aliphatic rings. The quantitative estimate of drug-likeness (QED) is 0.00748. The van der Waals surface area contributed by atoms with Crippen molar-refractivity contribution in [2.45, 2.75) is 299 Å². The second-order valence-electron chi connectivity index (χ2n) is 40.5. The minimum absolute atomic E-state index is 0.00411. The molecule has 1 aliphatic carbocycles. The molecule has 1 saturated carbocycles. The molecule has 14 rings (SSSR count). The second-order valence-corrected chi connectivity index (χ2v) is 43.1. The summed E-state index contributed by atoms with van der Waals surface area (Å²) in [5.74, 6) is -7.85. The number of nitrogens with zero attached hydrogens (tertiary/aromatic N) is 5. The molecule has 10 heterocycles. The highest BCUT2D eigenvalue weighted by Gasteiger charge is 2.76. The van der Waals surface area contributed by atoms with E-state index in [1.165, 1.54) is 68.1 Å². The Morgan fingerprint density at radius 2 is 1.47 bits per heavy atom. The number of aromatic amines is 1. The number of allylic oxidation sites excluding steroid dienone is 6. The summed E-state index contributed by atoms with van der Waals surface area (Å²) in [6.07, 6.45) is 18.7. The van der Waals surface area contributed by atoms with Crippen LogP contribution in [0.2, 0.25) is 0 Å². The molecule has 7 fully saturated rings. The predicted molar refractivity (Wildman–Crippen MR) is 517 cm³/mol. The maximum Gasteiger partial charge on any atom is 0.327 e. The number of carbonyl (C=O) groups excluding carboxylic acids is 5. The first-order chi connectivity index (χ1) is 64.3. The molecule has 2 aromatic heterocycles. The number of fused-ring (bicyclic) bond motifs is 5. The molecule has 6 saturated heterocycles. The Kier molecular flexibility index (Phi) is 32.4. The van der Waals surface area contributed by atoms with Crippen molar-refractivity contribution in [2.75, 3.05) is 67.9 Å². The number of methoxy groups -OCH3 is 1. The first kappa shape index (κ1) is 102. The number of para-hydroxylation sites is 2. The Balaban J connectivity index is 0.542. The summed E-state index contributed by atoms with van der Waals surface area (Å²) >= 11 is 0. The summed E-state index contributed by atoms with van der Waals surface area (Å²) in [6, 6.07) is 18.8. The van der Waals surface area contributed by atoms with E-state index in [9.17, 15) is 58.8 Å². The van der Waals surface area contributed by atoms with Crippen molar-refractivity contribution in [3.63, 3.8) is 0 Å². The Morgan fingerprint density at radius 1 is 0.726 bits per heavy atom. The molecule has 1 spiro atoms. The minimum atomic E-state index is -1.61. The van der Waals surface area contributed by atoms with E-state index >= 15 is 0 Å². The molecule has 5 aromatic rings. The molecular weight excluding hydrogens is 1760 g/mol. The number of carboxylic acids is 2. The number of carboxylic acid groups (broad SMARTS) is 2. The van der Waals surface area contributed by atoms with Gasteiger partial charge < -0.3 is 96.1 Å². The van der Waals surface area contributed by atoms with Crippen LogP contribution in [0.25, 0.3) is 11.2 Å². The maximum absolute atomic E-state index is 14.3. The van der Waals surface area contributed by atoms with Gasteiger partial charge in [0.2, 0.25) is 35.3 Å². The molecule has 34 heteroatoms. The number of nitrogens with two attached hydrogens (primary N) is 1. The molecule has 0 bridgehead atoms. The highest BCUT2D eigenvalue weighted by molar-refractivity contribution is 8.76. The Morgan fingerprint density at radius 3 is 2.21 bits per heavy atom. The molecule has 3 aromatic carbocycles. The fraction of sp³-hybridized carbons (Fsp3) is 0.624. The normalized spacial score (nSPS) is 31.1. The van der Waals surface area contributed by atoms with Crippen molar-refractivity contribution in [1.29, 1.82) is 0 Å².